The van der Waals surface area contributed by atoms with Gasteiger partial charge in [-0.1, -0.05) is 23.7 Å². The molecule has 0 unspecified atom stereocenters. The molecular weight excluding hydrogens is 466 g/mol. The van der Waals surface area contributed by atoms with Gasteiger partial charge in [0.15, 0.2) is 5.58 Å². The SMILES string of the molecule is Fc1ccc(-c2nc3cc(N=Cc4cccc(I)c4)ccc3o2)c(Cl)c1. The number of benzene rings is 3. The molecule has 0 N–H and O–H groups in total. The Hall–Kier alpha value is -2.25. The fourth-order valence-corrected chi connectivity index (χ4v) is 3.33. The van der Waals surface area contributed by atoms with Crippen molar-refractivity contribution in [2.75, 3.05) is 0 Å². The van der Waals surface area contributed by atoms with Crippen molar-refractivity contribution < 1.29 is 8.81 Å². The van der Waals surface area contributed by atoms with E-state index in [1.807, 2.05) is 42.5 Å². The minimum atomic E-state index is -0.401. The highest BCUT2D eigenvalue weighted by Crippen LogP contribution is 2.31. The Labute approximate surface area is 167 Å². The van der Waals surface area contributed by atoms with Crippen molar-refractivity contribution >= 4 is 57.2 Å². The van der Waals surface area contributed by atoms with Crippen LogP contribution in [0.3, 0.4) is 0 Å². The van der Waals surface area contributed by atoms with Crippen LogP contribution in [0.4, 0.5) is 10.1 Å². The van der Waals surface area contributed by atoms with Crippen LogP contribution in [0.1, 0.15) is 5.56 Å². The second kappa shape index (κ2) is 7.17. The fourth-order valence-electron chi connectivity index (χ4n) is 2.51. The number of aliphatic imine (C=N–C) groups is 1. The van der Waals surface area contributed by atoms with Crippen molar-refractivity contribution in [3.8, 4) is 11.5 Å². The molecular formula is C20H11ClFIN2O. The molecule has 128 valence electrons. The molecule has 0 bridgehead atoms. The number of rotatable bonds is 3. The average Bonchev–Trinajstić information content (AvgIpc) is 3.03. The van der Waals surface area contributed by atoms with E-state index in [4.69, 9.17) is 16.0 Å². The highest BCUT2D eigenvalue weighted by Gasteiger charge is 2.12. The highest BCUT2D eigenvalue weighted by molar-refractivity contribution is 14.1. The van der Waals surface area contributed by atoms with E-state index in [0.29, 0.717) is 22.6 Å². The van der Waals surface area contributed by atoms with E-state index in [2.05, 4.69) is 32.6 Å². The highest BCUT2D eigenvalue weighted by atomic mass is 127. The van der Waals surface area contributed by atoms with Crippen molar-refractivity contribution in [2.45, 2.75) is 0 Å². The predicted octanol–water partition coefficient (Wildman–Crippen LogP) is 6.64. The van der Waals surface area contributed by atoms with Gasteiger partial charge in [-0.05, 0) is 76.7 Å². The van der Waals surface area contributed by atoms with Crippen LogP contribution < -0.4 is 0 Å². The van der Waals surface area contributed by atoms with Crippen LogP contribution in [-0.4, -0.2) is 11.2 Å². The van der Waals surface area contributed by atoms with Gasteiger partial charge in [-0.25, -0.2) is 9.37 Å². The van der Waals surface area contributed by atoms with Gasteiger partial charge in [-0.3, -0.25) is 4.99 Å². The van der Waals surface area contributed by atoms with Crippen molar-refractivity contribution in [1.29, 1.82) is 0 Å². The molecule has 0 fully saturated rings. The average molecular weight is 477 g/mol. The zero-order valence-electron chi connectivity index (χ0n) is 13.3. The Bertz CT molecular complexity index is 1140. The van der Waals surface area contributed by atoms with E-state index >= 15 is 0 Å². The van der Waals surface area contributed by atoms with E-state index in [1.165, 1.54) is 12.1 Å². The molecule has 3 aromatic carbocycles. The second-order valence-corrected chi connectivity index (χ2v) is 7.26. The van der Waals surface area contributed by atoms with Crippen LogP contribution in [0.25, 0.3) is 22.6 Å². The number of oxazole rings is 1. The lowest BCUT2D eigenvalue weighted by Gasteiger charge is -1.98. The van der Waals surface area contributed by atoms with Gasteiger partial charge in [0.05, 0.1) is 16.3 Å². The first kappa shape index (κ1) is 17.2. The smallest absolute Gasteiger partial charge is 0.228 e. The maximum Gasteiger partial charge on any atom is 0.228 e. The first-order valence-electron chi connectivity index (χ1n) is 7.74. The normalized spacial score (nSPS) is 11.5. The molecule has 4 rings (SSSR count). The van der Waals surface area contributed by atoms with Gasteiger partial charge in [-0.15, -0.1) is 0 Å². The second-order valence-electron chi connectivity index (χ2n) is 5.61. The summed E-state index contributed by atoms with van der Waals surface area (Å²) < 4.78 is 20.1. The Morgan fingerprint density at radius 1 is 1.08 bits per heavy atom. The summed E-state index contributed by atoms with van der Waals surface area (Å²) in [5, 5.41) is 0.258. The lowest BCUT2D eigenvalue weighted by atomic mass is 10.2. The number of hydrogen-bond acceptors (Lipinski definition) is 3. The Balaban J connectivity index is 1.67. The molecule has 1 aromatic heterocycles. The third kappa shape index (κ3) is 3.64. The van der Waals surface area contributed by atoms with Crippen LogP contribution in [0, 0.1) is 9.39 Å². The summed E-state index contributed by atoms with van der Waals surface area (Å²) in [6, 6.07) is 17.7. The summed E-state index contributed by atoms with van der Waals surface area (Å²) in [5.74, 6) is -0.0502. The minimum Gasteiger partial charge on any atom is -0.436 e. The number of halogens is 3. The summed E-state index contributed by atoms with van der Waals surface area (Å²) in [7, 11) is 0. The third-order valence-electron chi connectivity index (χ3n) is 3.74. The van der Waals surface area contributed by atoms with Crippen LogP contribution in [0.15, 0.2) is 70.1 Å². The lowest BCUT2D eigenvalue weighted by Crippen LogP contribution is -1.81. The molecule has 0 spiro atoms. The molecule has 0 aliphatic heterocycles. The maximum absolute atomic E-state index is 13.2. The standard InChI is InChI=1S/C20H11ClFIN2O/c21-17-9-13(22)4-6-16(17)20-25-18-10-15(5-7-19(18)26-20)24-11-12-2-1-3-14(23)8-12/h1-11H. The Kier molecular flexibility index (Phi) is 4.74. The number of hydrogen-bond donors (Lipinski definition) is 0. The summed E-state index contributed by atoms with van der Waals surface area (Å²) in [4.78, 5) is 8.95. The van der Waals surface area contributed by atoms with Gasteiger partial charge in [0, 0.05) is 9.78 Å². The van der Waals surface area contributed by atoms with Crippen LogP contribution in [0.5, 0.6) is 0 Å². The molecule has 0 amide bonds. The van der Waals surface area contributed by atoms with Crippen molar-refractivity contribution in [3.63, 3.8) is 0 Å². The van der Waals surface area contributed by atoms with Crippen LogP contribution in [-0.2, 0) is 0 Å². The zero-order chi connectivity index (χ0) is 18.1. The predicted molar refractivity (Wildman–Crippen MR) is 111 cm³/mol. The molecule has 0 saturated carbocycles. The molecule has 1 heterocycles. The van der Waals surface area contributed by atoms with Gasteiger partial charge in [-0.2, -0.15) is 0 Å². The molecule has 0 radical (unpaired) electrons. The lowest BCUT2D eigenvalue weighted by molar-refractivity contribution is 0.616. The first-order chi connectivity index (χ1) is 12.6. The Morgan fingerprint density at radius 2 is 1.96 bits per heavy atom. The topological polar surface area (TPSA) is 38.4 Å². The molecule has 3 nitrogen and oxygen atoms in total. The van der Waals surface area contributed by atoms with Gasteiger partial charge in [0.25, 0.3) is 0 Å². The largest absolute Gasteiger partial charge is 0.436 e. The molecule has 26 heavy (non-hydrogen) atoms. The third-order valence-corrected chi connectivity index (χ3v) is 4.73. The minimum absolute atomic E-state index is 0.258. The Morgan fingerprint density at radius 3 is 2.77 bits per heavy atom. The van der Waals surface area contributed by atoms with E-state index in [0.717, 1.165) is 14.8 Å². The molecule has 0 atom stereocenters. The number of nitrogens with zero attached hydrogens (tertiary/aromatic N) is 2. The van der Waals surface area contributed by atoms with Gasteiger partial charge in [0.2, 0.25) is 5.89 Å². The summed E-state index contributed by atoms with van der Waals surface area (Å²) in [6.07, 6.45) is 1.81. The molecule has 0 saturated heterocycles. The van der Waals surface area contributed by atoms with Crippen molar-refractivity contribution in [3.05, 3.63) is 80.6 Å². The quantitative estimate of drug-likeness (QED) is 0.245. The van der Waals surface area contributed by atoms with Crippen LogP contribution in [0.2, 0.25) is 5.02 Å². The van der Waals surface area contributed by atoms with E-state index in [9.17, 15) is 4.39 Å². The van der Waals surface area contributed by atoms with Crippen molar-refractivity contribution in [2.24, 2.45) is 4.99 Å². The summed E-state index contributed by atoms with van der Waals surface area (Å²) >= 11 is 8.35. The van der Waals surface area contributed by atoms with Gasteiger partial charge in [0.1, 0.15) is 11.3 Å². The van der Waals surface area contributed by atoms with Gasteiger partial charge >= 0.3 is 0 Å². The van der Waals surface area contributed by atoms with E-state index in [1.54, 1.807) is 12.3 Å². The summed E-state index contributed by atoms with van der Waals surface area (Å²) in [6.45, 7) is 0. The van der Waals surface area contributed by atoms with Gasteiger partial charge < -0.3 is 4.42 Å². The van der Waals surface area contributed by atoms with E-state index in [-0.39, 0.29) is 5.02 Å². The summed E-state index contributed by atoms with van der Waals surface area (Å²) in [5.41, 5.74) is 3.62. The monoisotopic (exact) mass is 476 g/mol. The zero-order valence-corrected chi connectivity index (χ0v) is 16.2. The molecule has 4 aromatic rings. The fraction of sp³-hybridized carbons (Fsp3) is 0. The number of aromatic nitrogens is 1. The molecule has 6 heteroatoms. The molecule has 0 aliphatic rings. The first-order valence-corrected chi connectivity index (χ1v) is 9.20. The molecule has 0 aliphatic carbocycles. The van der Waals surface area contributed by atoms with Crippen molar-refractivity contribution in [1.82, 2.24) is 4.98 Å². The van der Waals surface area contributed by atoms with Crippen LogP contribution >= 0.6 is 34.2 Å². The van der Waals surface area contributed by atoms with E-state index < -0.39 is 5.82 Å². The number of fused-ring (bicyclic) bond motifs is 1. The maximum atomic E-state index is 13.2.